The van der Waals surface area contributed by atoms with Gasteiger partial charge >= 0.3 is 5.97 Å². The Bertz CT molecular complexity index is 1180. The molecule has 4 aromatic rings. The fraction of sp³-hybridized carbons (Fsp3) is 0.161. The summed E-state index contributed by atoms with van der Waals surface area (Å²) in [6.07, 6.45) is 0. The maximum absolute atomic E-state index is 12.4. The van der Waals surface area contributed by atoms with E-state index in [4.69, 9.17) is 5.11 Å². The van der Waals surface area contributed by atoms with Crippen molar-refractivity contribution in [3.05, 3.63) is 144 Å². The van der Waals surface area contributed by atoms with E-state index in [1.165, 1.54) is 18.7 Å². The van der Waals surface area contributed by atoms with E-state index in [1.54, 1.807) is 0 Å². The van der Waals surface area contributed by atoms with Gasteiger partial charge in [0, 0.05) is 10.8 Å². The highest BCUT2D eigenvalue weighted by Gasteiger charge is 2.21. The number of carboxylic acid groups (broad SMARTS) is 1. The van der Waals surface area contributed by atoms with Gasteiger partial charge in [-0.2, -0.15) is 0 Å². The Morgan fingerprint density at radius 1 is 0.676 bits per heavy atom. The highest BCUT2D eigenvalue weighted by atomic mass is 32.2. The molecule has 0 bridgehead atoms. The first-order chi connectivity index (χ1) is 18.0. The number of carbonyl (C=O) groups is 2. The first-order valence-electron chi connectivity index (χ1n) is 11.9. The van der Waals surface area contributed by atoms with Crippen LogP contribution in [0.4, 0.5) is 0 Å². The Kier molecular flexibility index (Phi) is 11.3. The molecule has 4 rings (SSSR count). The molecule has 6 heteroatoms. The normalized spacial score (nSPS) is 11.4. The molecule has 37 heavy (non-hydrogen) atoms. The number of benzene rings is 4. The van der Waals surface area contributed by atoms with Crippen LogP contribution in [0.2, 0.25) is 0 Å². The summed E-state index contributed by atoms with van der Waals surface area (Å²) in [6.45, 7) is 1.48. The van der Waals surface area contributed by atoms with Crippen LogP contribution in [0.1, 0.15) is 39.7 Å². The topological polar surface area (TPSA) is 71.4 Å². The Morgan fingerprint density at radius 3 is 1.35 bits per heavy atom. The van der Waals surface area contributed by atoms with Crippen LogP contribution >= 0.6 is 11.8 Å². The standard InChI is InChI=1S/C16H16O2S.C15H14O2S/c1-13(17)12-19(18)16(14-8-4-2-5-9-14)15-10-6-3-7-11-15;16-14(17)11-18-15(12-7-3-1-4-8-12)13-9-5-2-6-10-13/h2-11,16H,12H2,1H3;1-10,15H,11H2,(H,16,17)/t19-;/m1./s1. The molecule has 0 aliphatic rings. The highest BCUT2D eigenvalue weighted by molar-refractivity contribution is 8.00. The number of Topliss-reactive ketones (excluding diaryl/α,β-unsaturated/α-hetero) is 1. The molecule has 4 aromatic carbocycles. The molecular formula is C31H30O4S2. The van der Waals surface area contributed by atoms with Crippen molar-refractivity contribution < 1.29 is 18.9 Å². The van der Waals surface area contributed by atoms with E-state index < -0.39 is 16.8 Å². The summed E-state index contributed by atoms with van der Waals surface area (Å²) in [4.78, 5) is 22.0. The van der Waals surface area contributed by atoms with Crippen LogP contribution < -0.4 is 0 Å². The maximum atomic E-state index is 12.4. The largest absolute Gasteiger partial charge is 0.481 e. The summed E-state index contributed by atoms with van der Waals surface area (Å²) in [5.41, 5.74) is 4.23. The van der Waals surface area contributed by atoms with Crippen molar-refractivity contribution in [1.29, 1.82) is 0 Å². The quantitative estimate of drug-likeness (QED) is 0.247. The number of rotatable bonds is 10. The average Bonchev–Trinajstić information content (AvgIpc) is 2.91. The minimum Gasteiger partial charge on any atom is -0.481 e. The lowest BCUT2D eigenvalue weighted by Crippen LogP contribution is -2.15. The van der Waals surface area contributed by atoms with Crippen LogP contribution in [0, 0.1) is 0 Å². The van der Waals surface area contributed by atoms with Gasteiger partial charge in [0.2, 0.25) is 0 Å². The van der Waals surface area contributed by atoms with Crippen molar-refractivity contribution in [2.45, 2.75) is 17.4 Å². The van der Waals surface area contributed by atoms with Crippen molar-refractivity contribution in [2.24, 2.45) is 0 Å². The third kappa shape index (κ3) is 9.16. The van der Waals surface area contributed by atoms with Crippen LogP contribution in [-0.2, 0) is 20.4 Å². The van der Waals surface area contributed by atoms with Gasteiger partial charge in [-0.3, -0.25) is 13.8 Å². The summed E-state index contributed by atoms with van der Waals surface area (Å²) in [5.74, 6) is -0.629. The van der Waals surface area contributed by atoms with E-state index in [-0.39, 0.29) is 27.8 Å². The van der Waals surface area contributed by atoms with Gasteiger partial charge in [0.25, 0.3) is 0 Å². The summed E-state index contributed by atoms with van der Waals surface area (Å²) in [5, 5.41) is 8.66. The number of thioether (sulfide) groups is 1. The van der Waals surface area contributed by atoms with Crippen molar-refractivity contribution in [2.75, 3.05) is 11.5 Å². The van der Waals surface area contributed by atoms with Crippen LogP contribution in [-0.4, -0.2) is 32.6 Å². The van der Waals surface area contributed by atoms with Gasteiger partial charge in [0.05, 0.1) is 22.0 Å². The first kappa shape index (κ1) is 28.1. The fourth-order valence-corrected chi connectivity index (χ4v) is 6.33. The average molecular weight is 531 g/mol. The van der Waals surface area contributed by atoms with E-state index >= 15 is 0 Å². The molecule has 0 amide bonds. The molecule has 0 fully saturated rings. The Hall–Kier alpha value is -3.48. The van der Waals surface area contributed by atoms with Gasteiger partial charge in [0.1, 0.15) is 5.78 Å². The smallest absolute Gasteiger partial charge is 0.313 e. The molecule has 0 saturated heterocycles. The number of carbonyl (C=O) groups excluding carboxylic acids is 1. The Morgan fingerprint density at radius 2 is 1.03 bits per heavy atom. The van der Waals surface area contributed by atoms with Crippen molar-refractivity contribution >= 4 is 34.3 Å². The lowest BCUT2D eigenvalue weighted by Gasteiger charge is -2.17. The van der Waals surface area contributed by atoms with E-state index in [1.807, 2.05) is 121 Å². The first-order valence-corrected chi connectivity index (χ1v) is 14.3. The molecular weight excluding hydrogens is 500 g/mol. The van der Waals surface area contributed by atoms with Crippen molar-refractivity contribution in [3.63, 3.8) is 0 Å². The van der Waals surface area contributed by atoms with Crippen LogP contribution in [0.5, 0.6) is 0 Å². The van der Waals surface area contributed by atoms with E-state index in [0.29, 0.717) is 0 Å². The molecule has 1 N–H and O–H groups in total. The van der Waals surface area contributed by atoms with Gasteiger partial charge in [-0.1, -0.05) is 121 Å². The molecule has 0 saturated carbocycles. The highest BCUT2D eigenvalue weighted by Crippen LogP contribution is 2.35. The van der Waals surface area contributed by atoms with Gasteiger partial charge in [-0.25, -0.2) is 0 Å². The fourth-order valence-electron chi connectivity index (χ4n) is 3.83. The summed E-state index contributed by atoms with van der Waals surface area (Å²) in [6, 6.07) is 39.4. The van der Waals surface area contributed by atoms with E-state index in [9.17, 15) is 13.8 Å². The van der Waals surface area contributed by atoms with Gasteiger partial charge in [-0.05, 0) is 29.2 Å². The van der Waals surface area contributed by atoms with Crippen molar-refractivity contribution in [1.82, 2.24) is 0 Å². The van der Waals surface area contributed by atoms with E-state index in [2.05, 4.69) is 0 Å². The Balaban J connectivity index is 0.000000206. The molecule has 4 nitrogen and oxygen atoms in total. The second-order valence-electron chi connectivity index (χ2n) is 8.33. The molecule has 1 atom stereocenters. The van der Waals surface area contributed by atoms with Crippen molar-refractivity contribution in [3.8, 4) is 0 Å². The predicted molar refractivity (Wildman–Crippen MR) is 153 cm³/mol. The third-order valence-corrected chi connectivity index (χ3v) is 8.44. The summed E-state index contributed by atoms with van der Waals surface area (Å²) < 4.78 is 12.4. The maximum Gasteiger partial charge on any atom is 0.313 e. The second-order valence-corrected chi connectivity index (χ2v) is 10.9. The summed E-state index contributed by atoms with van der Waals surface area (Å²) >= 11 is 1.44. The predicted octanol–water partition coefficient (Wildman–Crippen LogP) is 6.71. The molecule has 0 aliphatic heterocycles. The lowest BCUT2D eigenvalue weighted by molar-refractivity contribution is -0.133. The number of hydrogen-bond donors (Lipinski definition) is 1. The minimum absolute atomic E-state index is 0.0461. The molecule has 0 unspecified atom stereocenters. The van der Waals surface area contributed by atoms with Crippen LogP contribution in [0.15, 0.2) is 121 Å². The van der Waals surface area contributed by atoms with Gasteiger partial charge in [0.15, 0.2) is 0 Å². The van der Waals surface area contributed by atoms with Crippen LogP contribution in [0.25, 0.3) is 0 Å². The number of hydrogen-bond acceptors (Lipinski definition) is 4. The lowest BCUT2D eigenvalue weighted by atomic mass is 10.0. The minimum atomic E-state index is -1.24. The summed E-state index contributed by atoms with van der Waals surface area (Å²) in [7, 11) is -1.24. The molecule has 0 radical (unpaired) electrons. The molecule has 190 valence electrons. The Labute approximate surface area is 225 Å². The van der Waals surface area contributed by atoms with Gasteiger partial charge in [-0.15, -0.1) is 11.8 Å². The van der Waals surface area contributed by atoms with E-state index in [0.717, 1.165) is 22.3 Å². The molecule has 0 heterocycles. The zero-order valence-corrected chi connectivity index (χ0v) is 22.2. The molecule has 0 spiro atoms. The second kappa shape index (κ2) is 14.9. The zero-order valence-electron chi connectivity index (χ0n) is 20.6. The van der Waals surface area contributed by atoms with Crippen LogP contribution in [0.3, 0.4) is 0 Å². The van der Waals surface area contributed by atoms with Gasteiger partial charge < -0.3 is 5.11 Å². The molecule has 0 aliphatic carbocycles. The molecule has 0 aromatic heterocycles. The monoisotopic (exact) mass is 530 g/mol. The number of aliphatic carboxylic acids is 1. The number of carboxylic acids is 1. The zero-order chi connectivity index (χ0) is 26.5. The SMILES string of the molecule is CC(=O)C[S@@](=O)C(c1ccccc1)c1ccccc1.O=C(O)CSC(c1ccccc1)c1ccccc1. The third-order valence-electron chi connectivity index (χ3n) is 5.39. The number of ketones is 1.